The second-order valence-corrected chi connectivity index (χ2v) is 3.37. The van der Waals surface area contributed by atoms with Gasteiger partial charge in [0.1, 0.15) is 0 Å². The minimum Gasteiger partial charge on any atom is -0.352 e. The van der Waals surface area contributed by atoms with Gasteiger partial charge >= 0.3 is 0 Å². The van der Waals surface area contributed by atoms with Crippen molar-refractivity contribution in [1.29, 1.82) is 0 Å². The molecule has 64 valence electrons. The van der Waals surface area contributed by atoms with Crippen molar-refractivity contribution in [2.24, 2.45) is 5.92 Å². The van der Waals surface area contributed by atoms with Crippen LogP contribution >= 0.6 is 0 Å². The number of carbonyl (C=O) groups excluding carboxylic acids is 1. The maximum Gasteiger partial charge on any atom is 0.221 e. The quantitative estimate of drug-likeness (QED) is 0.566. The predicted octanol–water partition coefficient (Wildman–Crippen LogP) is 0.120. The van der Waals surface area contributed by atoms with Gasteiger partial charge in [-0.25, -0.2) is 0 Å². The summed E-state index contributed by atoms with van der Waals surface area (Å²) >= 11 is 0. The SMILES string of the molecule is CC(C)C1CNCCC(=O)N1. The topological polar surface area (TPSA) is 41.1 Å². The normalized spacial score (nSPS) is 26.5. The molecule has 11 heavy (non-hydrogen) atoms. The van der Waals surface area contributed by atoms with Crippen molar-refractivity contribution >= 4 is 5.91 Å². The first-order chi connectivity index (χ1) is 5.20. The average molecular weight is 156 g/mol. The van der Waals surface area contributed by atoms with Gasteiger partial charge in [-0.1, -0.05) is 13.8 Å². The predicted molar refractivity (Wildman–Crippen MR) is 44.3 cm³/mol. The Labute approximate surface area is 67.5 Å². The average Bonchev–Trinajstić information content (AvgIpc) is 2.13. The highest BCUT2D eigenvalue weighted by molar-refractivity contribution is 5.76. The lowest BCUT2D eigenvalue weighted by molar-refractivity contribution is -0.121. The molecule has 1 rings (SSSR count). The molecule has 1 unspecified atom stereocenters. The maximum atomic E-state index is 11.0. The summed E-state index contributed by atoms with van der Waals surface area (Å²) in [5, 5.41) is 6.20. The van der Waals surface area contributed by atoms with Crippen LogP contribution in [0.5, 0.6) is 0 Å². The molecule has 0 aliphatic carbocycles. The Morgan fingerprint density at radius 1 is 1.55 bits per heavy atom. The third-order valence-corrected chi connectivity index (χ3v) is 2.04. The first-order valence-corrected chi connectivity index (χ1v) is 4.20. The number of rotatable bonds is 1. The van der Waals surface area contributed by atoms with Crippen molar-refractivity contribution in [3.63, 3.8) is 0 Å². The van der Waals surface area contributed by atoms with Crippen LogP contribution in [0.4, 0.5) is 0 Å². The Bertz CT molecular complexity index is 145. The highest BCUT2D eigenvalue weighted by Crippen LogP contribution is 2.02. The Morgan fingerprint density at radius 2 is 2.27 bits per heavy atom. The van der Waals surface area contributed by atoms with Crippen LogP contribution in [0.1, 0.15) is 20.3 Å². The molecule has 0 aromatic rings. The Balaban J connectivity index is 2.45. The molecular formula is C8H16N2O. The molecule has 1 aliphatic heterocycles. The molecule has 3 nitrogen and oxygen atoms in total. The van der Waals surface area contributed by atoms with Crippen LogP contribution in [0, 0.1) is 5.92 Å². The lowest BCUT2D eigenvalue weighted by Crippen LogP contribution is -2.41. The van der Waals surface area contributed by atoms with E-state index in [2.05, 4.69) is 24.5 Å². The summed E-state index contributed by atoms with van der Waals surface area (Å²) in [4.78, 5) is 11.0. The summed E-state index contributed by atoms with van der Waals surface area (Å²) < 4.78 is 0. The van der Waals surface area contributed by atoms with E-state index < -0.39 is 0 Å². The molecule has 1 saturated heterocycles. The van der Waals surface area contributed by atoms with E-state index in [1.54, 1.807) is 0 Å². The second-order valence-electron chi connectivity index (χ2n) is 3.37. The monoisotopic (exact) mass is 156 g/mol. The van der Waals surface area contributed by atoms with Gasteiger partial charge in [-0.3, -0.25) is 4.79 Å². The highest BCUT2D eigenvalue weighted by atomic mass is 16.1. The van der Waals surface area contributed by atoms with Gasteiger partial charge in [-0.05, 0) is 5.92 Å². The van der Waals surface area contributed by atoms with E-state index in [0.29, 0.717) is 18.4 Å². The van der Waals surface area contributed by atoms with Gasteiger partial charge < -0.3 is 10.6 Å². The first kappa shape index (κ1) is 8.53. The van der Waals surface area contributed by atoms with Crippen molar-refractivity contribution in [3.05, 3.63) is 0 Å². The maximum absolute atomic E-state index is 11.0. The molecule has 1 heterocycles. The molecule has 1 atom stereocenters. The highest BCUT2D eigenvalue weighted by Gasteiger charge is 2.18. The molecule has 0 bridgehead atoms. The van der Waals surface area contributed by atoms with E-state index in [0.717, 1.165) is 13.1 Å². The fourth-order valence-electron chi connectivity index (χ4n) is 1.19. The standard InChI is InChI=1S/C8H16N2O/c1-6(2)7-5-9-4-3-8(11)10-7/h6-7,9H,3-5H2,1-2H3,(H,10,11). The van der Waals surface area contributed by atoms with E-state index in [-0.39, 0.29) is 5.91 Å². The minimum absolute atomic E-state index is 0.175. The summed E-state index contributed by atoms with van der Waals surface area (Å²) in [6.45, 7) is 5.97. The molecule has 2 N–H and O–H groups in total. The fraction of sp³-hybridized carbons (Fsp3) is 0.875. The molecule has 0 saturated carbocycles. The van der Waals surface area contributed by atoms with Crippen LogP contribution in [-0.4, -0.2) is 25.0 Å². The molecule has 0 aromatic heterocycles. The third-order valence-electron chi connectivity index (χ3n) is 2.04. The van der Waals surface area contributed by atoms with Crippen LogP contribution in [0.2, 0.25) is 0 Å². The first-order valence-electron chi connectivity index (χ1n) is 4.20. The smallest absolute Gasteiger partial charge is 0.221 e. The van der Waals surface area contributed by atoms with Crippen LogP contribution in [0.15, 0.2) is 0 Å². The Hall–Kier alpha value is -0.570. The van der Waals surface area contributed by atoms with Crippen molar-refractivity contribution in [2.45, 2.75) is 26.3 Å². The summed E-state index contributed by atoms with van der Waals surface area (Å²) in [6.07, 6.45) is 0.614. The number of carbonyl (C=O) groups is 1. The van der Waals surface area contributed by atoms with Crippen molar-refractivity contribution < 1.29 is 4.79 Å². The number of hydrogen-bond donors (Lipinski definition) is 2. The molecule has 0 spiro atoms. The van der Waals surface area contributed by atoms with Gasteiger partial charge in [0, 0.05) is 25.6 Å². The Morgan fingerprint density at radius 3 is 2.91 bits per heavy atom. The zero-order valence-electron chi connectivity index (χ0n) is 7.18. The number of hydrogen-bond acceptors (Lipinski definition) is 2. The number of nitrogens with one attached hydrogen (secondary N) is 2. The van der Waals surface area contributed by atoms with Crippen molar-refractivity contribution in [2.75, 3.05) is 13.1 Å². The van der Waals surface area contributed by atoms with E-state index in [9.17, 15) is 4.79 Å². The third kappa shape index (κ3) is 2.50. The zero-order chi connectivity index (χ0) is 8.27. The van der Waals surface area contributed by atoms with E-state index in [1.165, 1.54) is 0 Å². The van der Waals surface area contributed by atoms with Crippen LogP contribution in [-0.2, 0) is 4.79 Å². The van der Waals surface area contributed by atoms with E-state index in [4.69, 9.17) is 0 Å². The van der Waals surface area contributed by atoms with Crippen LogP contribution in [0.25, 0.3) is 0 Å². The summed E-state index contributed by atoms with van der Waals surface area (Å²) in [5.41, 5.74) is 0. The van der Waals surface area contributed by atoms with Crippen molar-refractivity contribution in [1.82, 2.24) is 10.6 Å². The van der Waals surface area contributed by atoms with Crippen LogP contribution < -0.4 is 10.6 Å². The molecule has 1 aliphatic rings. The van der Waals surface area contributed by atoms with Gasteiger partial charge in [0.2, 0.25) is 5.91 Å². The molecule has 1 amide bonds. The van der Waals surface area contributed by atoms with E-state index >= 15 is 0 Å². The zero-order valence-corrected chi connectivity index (χ0v) is 7.18. The molecule has 1 fully saturated rings. The number of amides is 1. The molecule has 3 heteroatoms. The van der Waals surface area contributed by atoms with Crippen LogP contribution in [0.3, 0.4) is 0 Å². The fourth-order valence-corrected chi connectivity index (χ4v) is 1.19. The lowest BCUT2D eigenvalue weighted by atomic mass is 10.1. The van der Waals surface area contributed by atoms with Gasteiger partial charge in [0.05, 0.1) is 0 Å². The summed E-state index contributed by atoms with van der Waals surface area (Å²) in [5.74, 6) is 0.693. The molecular weight excluding hydrogens is 140 g/mol. The summed E-state index contributed by atoms with van der Waals surface area (Å²) in [6, 6.07) is 0.310. The lowest BCUT2D eigenvalue weighted by Gasteiger charge is -2.19. The largest absolute Gasteiger partial charge is 0.352 e. The molecule has 0 aromatic carbocycles. The summed E-state index contributed by atoms with van der Waals surface area (Å²) in [7, 11) is 0. The van der Waals surface area contributed by atoms with E-state index in [1.807, 2.05) is 0 Å². The van der Waals surface area contributed by atoms with Gasteiger partial charge in [0.25, 0.3) is 0 Å². The van der Waals surface area contributed by atoms with Crippen molar-refractivity contribution in [3.8, 4) is 0 Å². The minimum atomic E-state index is 0.175. The Kier molecular flexibility index (Phi) is 2.88. The second kappa shape index (κ2) is 3.72. The van der Waals surface area contributed by atoms with Gasteiger partial charge in [-0.15, -0.1) is 0 Å². The van der Waals surface area contributed by atoms with Gasteiger partial charge in [-0.2, -0.15) is 0 Å². The molecule has 0 radical (unpaired) electrons. The van der Waals surface area contributed by atoms with Gasteiger partial charge in [0.15, 0.2) is 0 Å².